The Labute approximate surface area is 109 Å². The first kappa shape index (κ1) is 13.8. The van der Waals surface area contributed by atoms with E-state index in [1.807, 2.05) is 0 Å². The molecule has 0 aromatic heterocycles. The fourth-order valence-corrected chi connectivity index (χ4v) is 2.73. The van der Waals surface area contributed by atoms with Crippen LogP contribution in [0, 0.1) is 0 Å². The van der Waals surface area contributed by atoms with E-state index in [0.29, 0.717) is 18.6 Å². The number of morpholine rings is 1. The van der Waals surface area contributed by atoms with Crippen molar-refractivity contribution < 1.29 is 14.3 Å². The maximum atomic E-state index is 10.9. The predicted octanol–water partition coefficient (Wildman–Crippen LogP) is 0.392. The van der Waals surface area contributed by atoms with Crippen molar-refractivity contribution >= 4 is 5.97 Å². The molecule has 0 bridgehead atoms. The SMILES string of the molecule is COC(=O)CCCNCC1CN2CCCC2CO1. The van der Waals surface area contributed by atoms with Crippen molar-refractivity contribution in [3.05, 3.63) is 0 Å². The lowest BCUT2D eigenvalue weighted by molar-refractivity contribution is -0.140. The van der Waals surface area contributed by atoms with Gasteiger partial charge in [-0.2, -0.15) is 0 Å². The van der Waals surface area contributed by atoms with Crippen molar-refractivity contribution in [2.45, 2.75) is 37.8 Å². The average Bonchev–Trinajstić information content (AvgIpc) is 2.85. The van der Waals surface area contributed by atoms with Crippen LogP contribution in [0.5, 0.6) is 0 Å². The van der Waals surface area contributed by atoms with Crippen LogP contribution in [0.1, 0.15) is 25.7 Å². The lowest BCUT2D eigenvalue weighted by Gasteiger charge is -2.35. The summed E-state index contributed by atoms with van der Waals surface area (Å²) in [5.41, 5.74) is 0. The molecule has 2 atom stereocenters. The summed E-state index contributed by atoms with van der Waals surface area (Å²) in [5.74, 6) is -0.134. The van der Waals surface area contributed by atoms with Gasteiger partial charge in [0.15, 0.2) is 0 Å². The van der Waals surface area contributed by atoms with Crippen LogP contribution >= 0.6 is 0 Å². The molecule has 5 heteroatoms. The summed E-state index contributed by atoms with van der Waals surface area (Å²) >= 11 is 0. The van der Waals surface area contributed by atoms with Gasteiger partial charge in [0, 0.05) is 25.6 Å². The Hall–Kier alpha value is -0.650. The van der Waals surface area contributed by atoms with Crippen LogP contribution < -0.4 is 5.32 Å². The van der Waals surface area contributed by atoms with Crippen LogP contribution in [0.2, 0.25) is 0 Å². The Morgan fingerprint density at radius 3 is 3.28 bits per heavy atom. The average molecular weight is 256 g/mol. The van der Waals surface area contributed by atoms with E-state index in [9.17, 15) is 4.79 Å². The molecule has 0 amide bonds. The summed E-state index contributed by atoms with van der Waals surface area (Å²) in [6.45, 7) is 4.89. The molecule has 2 aliphatic heterocycles. The minimum atomic E-state index is -0.134. The van der Waals surface area contributed by atoms with Crippen molar-refractivity contribution in [1.82, 2.24) is 10.2 Å². The van der Waals surface area contributed by atoms with E-state index >= 15 is 0 Å². The second kappa shape index (κ2) is 7.07. The van der Waals surface area contributed by atoms with Gasteiger partial charge in [-0.25, -0.2) is 0 Å². The number of carbonyl (C=O) groups is 1. The molecule has 0 aliphatic carbocycles. The molecule has 0 aromatic carbocycles. The summed E-state index contributed by atoms with van der Waals surface area (Å²) in [5, 5.41) is 3.36. The topological polar surface area (TPSA) is 50.8 Å². The summed E-state index contributed by atoms with van der Waals surface area (Å²) in [7, 11) is 1.43. The maximum absolute atomic E-state index is 10.9. The zero-order chi connectivity index (χ0) is 12.8. The fourth-order valence-electron chi connectivity index (χ4n) is 2.73. The maximum Gasteiger partial charge on any atom is 0.305 e. The van der Waals surface area contributed by atoms with Crippen LogP contribution in [-0.4, -0.2) is 62.9 Å². The quantitative estimate of drug-likeness (QED) is 0.550. The molecule has 1 N–H and O–H groups in total. The molecule has 104 valence electrons. The van der Waals surface area contributed by atoms with E-state index in [4.69, 9.17) is 4.74 Å². The van der Waals surface area contributed by atoms with Gasteiger partial charge < -0.3 is 14.8 Å². The first-order valence-electron chi connectivity index (χ1n) is 6.93. The highest BCUT2D eigenvalue weighted by molar-refractivity contribution is 5.69. The molecular weight excluding hydrogens is 232 g/mol. The number of ether oxygens (including phenoxy) is 2. The predicted molar refractivity (Wildman–Crippen MR) is 68.5 cm³/mol. The Balaban J connectivity index is 1.53. The molecule has 0 aromatic rings. The number of carbonyl (C=O) groups excluding carboxylic acids is 1. The summed E-state index contributed by atoms with van der Waals surface area (Å²) < 4.78 is 10.4. The molecule has 18 heavy (non-hydrogen) atoms. The van der Waals surface area contributed by atoms with Gasteiger partial charge in [-0.05, 0) is 32.4 Å². The Bertz CT molecular complexity index is 273. The van der Waals surface area contributed by atoms with Gasteiger partial charge in [-0.15, -0.1) is 0 Å². The van der Waals surface area contributed by atoms with Crippen LogP contribution in [-0.2, 0) is 14.3 Å². The zero-order valence-corrected chi connectivity index (χ0v) is 11.2. The van der Waals surface area contributed by atoms with Crippen LogP contribution in [0.25, 0.3) is 0 Å². The third-order valence-corrected chi connectivity index (χ3v) is 3.80. The number of fused-ring (bicyclic) bond motifs is 1. The minimum Gasteiger partial charge on any atom is -0.469 e. The highest BCUT2D eigenvalue weighted by Crippen LogP contribution is 2.22. The monoisotopic (exact) mass is 256 g/mol. The minimum absolute atomic E-state index is 0.134. The van der Waals surface area contributed by atoms with Gasteiger partial charge in [0.05, 0.1) is 19.8 Å². The Kier molecular flexibility index (Phi) is 5.41. The molecule has 5 nitrogen and oxygen atoms in total. The molecular formula is C13H24N2O3. The Morgan fingerprint density at radius 2 is 2.44 bits per heavy atom. The number of nitrogens with one attached hydrogen (secondary N) is 1. The highest BCUT2D eigenvalue weighted by Gasteiger charge is 2.31. The number of esters is 1. The smallest absolute Gasteiger partial charge is 0.305 e. The number of rotatable bonds is 6. The van der Waals surface area contributed by atoms with Crippen molar-refractivity contribution in [2.24, 2.45) is 0 Å². The van der Waals surface area contributed by atoms with E-state index in [-0.39, 0.29) is 5.97 Å². The van der Waals surface area contributed by atoms with Gasteiger partial charge in [0.2, 0.25) is 0 Å². The largest absolute Gasteiger partial charge is 0.469 e. The standard InChI is InChI=1S/C13H24N2O3/c1-17-13(16)5-2-6-14-8-12-9-15-7-3-4-11(15)10-18-12/h11-12,14H,2-10H2,1H3. The summed E-state index contributed by atoms with van der Waals surface area (Å²) in [6.07, 6.45) is 4.22. The lowest BCUT2D eigenvalue weighted by atomic mass is 10.2. The number of hydrogen-bond acceptors (Lipinski definition) is 5. The van der Waals surface area contributed by atoms with E-state index in [0.717, 1.165) is 32.7 Å². The molecule has 0 radical (unpaired) electrons. The molecule has 2 rings (SSSR count). The van der Waals surface area contributed by atoms with Gasteiger partial charge in [-0.3, -0.25) is 9.69 Å². The summed E-state index contributed by atoms with van der Waals surface area (Å²) in [6, 6.07) is 0.667. The van der Waals surface area contributed by atoms with Crippen molar-refractivity contribution in [2.75, 3.05) is 39.9 Å². The lowest BCUT2D eigenvalue weighted by Crippen LogP contribution is -2.49. The van der Waals surface area contributed by atoms with Crippen LogP contribution in [0.3, 0.4) is 0 Å². The van der Waals surface area contributed by atoms with Crippen molar-refractivity contribution in [3.8, 4) is 0 Å². The van der Waals surface area contributed by atoms with E-state index in [2.05, 4.69) is 15.0 Å². The third kappa shape index (κ3) is 3.93. The van der Waals surface area contributed by atoms with E-state index in [1.165, 1.54) is 26.5 Å². The molecule has 2 unspecified atom stereocenters. The Morgan fingerprint density at radius 1 is 1.56 bits per heavy atom. The zero-order valence-electron chi connectivity index (χ0n) is 11.2. The van der Waals surface area contributed by atoms with E-state index in [1.54, 1.807) is 0 Å². The van der Waals surface area contributed by atoms with Gasteiger partial charge in [-0.1, -0.05) is 0 Å². The highest BCUT2D eigenvalue weighted by atomic mass is 16.5. The van der Waals surface area contributed by atoms with Crippen molar-refractivity contribution in [1.29, 1.82) is 0 Å². The fraction of sp³-hybridized carbons (Fsp3) is 0.923. The first-order valence-corrected chi connectivity index (χ1v) is 6.93. The molecule has 0 spiro atoms. The van der Waals surface area contributed by atoms with Gasteiger partial charge >= 0.3 is 5.97 Å². The number of nitrogens with zero attached hydrogens (tertiary/aromatic N) is 1. The molecule has 2 heterocycles. The number of hydrogen-bond donors (Lipinski definition) is 1. The van der Waals surface area contributed by atoms with Crippen LogP contribution in [0.4, 0.5) is 0 Å². The van der Waals surface area contributed by atoms with Crippen LogP contribution in [0.15, 0.2) is 0 Å². The third-order valence-electron chi connectivity index (χ3n) is 3.80. The normalized spacial score (nSPS) is 28.1. The molecule has 2 fully saturated rings. The molecule has 0 saturated carbocycles. The molecule has 2 saturated heterocycles. The first-order chi connectivity index (χ1) is 8.79. The second-order valence-electron chi connectivity index (χ2n) is 5.13. The summed E-state index contributed by atoms with van der Waals surface area (Å²) in [4.78, 5) is 13.5. The second-order valence-corrected chi connectivity index (χ2v) is 5.13. The number of methoxy groups -OCH3 is 1. The molecule has 2 aliphatic rings. The van der Waals surface area contributed by atoms with E-state index < -0.39 is 0 Å². The van der Waals surface area contributed by atoms with Gasteiger partial charge in [0.1, 0.15) is 0 Å². The van der Waals surface area contributed by atoms with Crippen molar-refractivity contribution in [3.63, 3.8) is 0 Å². The van der Waals surface area contributed by atoms with Gasteiger partial charge in [0.25, 0.3) is 0 Å².